The zero-order valence-corrected chi connectivity index (χ0v) is 13.7. The van der Waals surface area contributed by atoms with Gasteiger partial charge in [-0.3, -0.25) is 9.59 Å². The van der Waals surface area contributed by atoms with Gasteiger partial charge in [-0.2, -0.15) is 0 Å². The number of rotatable bonds is 3. The highest BCUT2D eigenvalue weighted by Gasteiger charge is 2.45. The number of nitrogens with zero attached hydrogens (tertiary/aromatic N) is 3. The molecule has 0 radical (unpaired) electrons. The molecule has 2 amide bonds. The Morgan fingerprint density at radius 3 is 2.83 bits per heavy atom. The van der Waals surface area contributed by atoms with Crippen molar-refractivity contribution in [2.75, 3.05) is 26.2 Å². The Bertz CT molecular complexity index is 597. The number of morpholine rings is 1. The van der Waals surface area contributed by atoms with E-state index in [9.17, 15) is 9.59 Å². The lowest BCUT2D eigenvalue weighted by atomic mass is 9.88. The van der Waals surface area contributed by atoms with Crippen LogP contribution in [-0.2, 0) is 9.53 Å². The number of ether oxygens (including phenoxy) is 1. The van der Waals surface area contributed by atoms with E-state index in [-0.39, 0.29) is 36.3 Å². The highest BCUT2D eigenvalue weighted by atomic mass is 16.5. The SMILES string of the molecule is O=C(c1ccno1)N1C[C@@H]2OCC(=O)N(CC3CCCCC3)[C@@H]2C1. The van der Waals surface area contributed by atoms with Crippen molar-refractivity contribution < 1.29 is 18.8 Å². The van der Waals surface area contributed by atoms with Crippen molar-refractivity contribution in [1.82, 2.24) is 15.0 Å². The lowest BCUT2D eigenvalue weighted by Crippen LogP contribution is -2.55. The van der Waals surface area contributed by atoms with Crippen molar-refractivity contribution >= 4 is 11.8 Å². The normalized spacial score (nSPS) is 28.2. The number of fused-ring (bicyclic) bond motifs is 1. The summed E-state index contributed by atoms with van der Waals surface area (Å²) >= 11 is 0. The first-order valence-corrected chi connectivity index (χ1v) is 8.83. The van der Waals surface area contributed by atoms with Crippen molar-refractivity contribution in [2.24, 2.45) is 5.92 Å². The molecule has 130 valence electrons. The summed E-state index contributed by atoms with van der Waals surface area (Å²) in [5, 5.41) is 3.59. The number of likely N-dealkylation sites (tertiary alicyclic amines) is 1. The van der Waals surface area contributed by atoms with Crippen LogP contribution in [0.5, 0.6) is 0 Å². The molecule has 0 spiro atoms. The van der Waals surface area contributed by atoms with Gasteiger partial charge in [-0.05, 0) is 18.8 Å². The Morgan fingerprint density at radius 2 is 2.08 bits per heavy atom. The van der Waals surface area contributed by atoms with Crippen LogP contribution in [0.15, 0.2) is 16.8 Å². The fraction of sp³-hybridized carbons (Fsp3) is 0.706. The second kappa shape index (κ2) is 6.55. The molecule has 1 aromatic heterocycles. The summed E-state index contributed by atoms with van der Waals surface area (Å²) in [7, 11) is 0. The summed E-state index contributed by atoms with van der Waals surface area (Å²) in [6, 6.07) is 1.52. The summed E-state index contributed by atoms with van der Waals surface area (Å²) in [6.45, 7) is 1.92. The number of hydrogen-bond donors (Lipinski definition) is 0. The molecule has 1 aliphatic carbocycles. The van der Waals surface area contributed by atoms with Gasteiger partial charge in [0, 0.05) is 25.7 Å². The Balaban J connectivity index is 1.45. The molecular weight excluding hydrogens is 310 g/mol. The third-order valence-corrected chi connectivity index (χ3v) is 5.49. The van der Waals surface area contributed by atoms with Gasteiger partial charge in [0.1, 0.15) is 6.61 Å². The number of carbonyl (C=O) groups excluding carboxylic acids is 2. The number of aromatic nitrogens is 1. The molecule has 7 heteroatoms. The van der Waals surface area contributed by atoms with Crippen LogP contribution in [0, 0.1) is 5.92 Å². The fourth-order valence-corrected chi connectivity index (χ4v) is 4.20. The topological polar surface area (TPSA) is 75.9 Å². The minimum atomic E-state index is -0.185. The summed E-state index contributed by atoms with van der Waals surface area (Å²) < 4.78 is 10.7. The quantitative estimate of drug-likeness (QED) is 0.833. The average Bonchev–Trinajstić information content (AvgIpc) is 3.27. The van der Waals surface area contributed by atoms with Crippen LogP contribution in [0.4, 0.5) is 0 Å². The standard InChI is InChI=1S/C17H23N3O4/c21-16-11-23-15-10-19(17(22)14-6-7-18-24-14)9-13(15)20(16)8-12-4-2-1-3-5-12/h6-7,12-13,15H,1-5,8-11H2/t13-,15+/m1/s1. The molecular formula is C17H23N3O4. The van der Waals surface area contributed by atoms with Crippen molar-refractivity contribution in [2.45, 2.75) is 44.2 Å². The molecule has 7 nitrogen and oxygen atoms in total. The molecule has 0 aromatic carbocycles. The van der Waals surface area contributed by atoms with Gasteiger partial charge < -0.3 is 19.1 Å². The van der Waals surface area contributed by atoms with E-state index < -0.39 is 0 Å². The second-order valence-electron chi connectivity index (χ2n) is 7.05. The van der Waals surface area contributed by atoms with Crippen LogP contribution in [0.1, 0.15) is 42.7 Å². The summed E-state index contributed by atoms with van der Waals surface area (Å²) in [6.07, 6.45) is 7.58. The van der Waals surface area contributed by atoms with Crippen molar-refractivity contribution in [1.29, 1.82) is 0 Å². The molecule has 3 fully saturated rings. The lowest BCUT2D eigenvalue weighted by Gasteiger charge is -2.39. The molecule has 2 saturated heterocycles. The predicted molar refractivity (Wildman–Crippen MR) is 84.2 cm³/mol. The van der Waals surface area contributed by atoms with Crippen molar-refractivity contribution in [3.63, 3.8) is 0 Å². The van der Waals surface area contributed by atoms with E-state index in [2.05, 4.69) is 5.16 Å². The summed E-state index contributed by atoms with van der Waals surface area (Å²) in [5.74, 6) is 0.686. The summed E-state index contributed by atoms with van der Waals surface area (Å²) in [4.78, 5) is 28.5. The van der Waals surface area contributed by atoms with Gasteiger partial charge in [0.25, 0.3) is 5.91 Å². The zero-order chi connectivity index (χ0) is 16.5. The first-order chi connectivity index (χ1) is 11.7. The summed E-state index contributed by atoms with van der Waals surface area (Å²) in [5.41, 5.74) is 0. The van der Waals surface area contributed by atoms with E-state index in [1.807, 2.05) is 4.90 Å². The van der Waals surface area contributed by atoms with Crippen molar-refractivity contribution in [3.05, 3.63) is 18.0 Å². The molecule has 24 heavy (non-hydrogen) atoms. The molecule has 2 atom stereocenters. The van der Waals surface area contributed by atoms with Gasteiger partial charge in [0.15, 0.2) is 0 Å². The van der Waals surface area contributed by atoms with Crippen LogP contribution in [0.3, 0.4) is 0 Å². The maximum Gasteiger partial charge on any atom is 0.292 e. The number of amides is 2. The molecule has 0 bridgehead atoms. The molecule has 4 rings (SSSR count). The smallest absolute Gasteiger partial charge is 0.292 e. The zero-order valence-electron chi connectivity index (χ0n) is 13.7. The van der Waals surface area contributed by atoms with Crippen LogP contribution in [0.2, 0.25) is 0 Å². The van der Waals surface area contributed by atoms with Gasteiger partial charge in [-0.25, -0.2) is 0 Å². The van der Waals surface area contributed by atoms with E-state index in [1.54, 1.807) is 11.0 Å². The number of carbonyl (C=O) groups is 2. The Kier molecular flexibility index (Phi) is 4.26. The second-order valence-corrected chi connectivity index (χ2v) is 7.05. The minimum Gasteiger partial charge on any atom is -0.364 e. The van der Waals surface area contributed by atoms with Crippen molar-refractivity contribution in [3.8, 4) is 0 Å². The average molecular weight is 333 g/mol. The molecule has 3 heterocycles. The van der Waals surface area contributed by atoms with E-state index in [0.29, 0.717) is 19.0 Å². The first kappa shape index (κ1) is 15.6. The predicted octanol–water partition coefficient (Wildman–Crippen LogP) is 1.31. The largest absolute Gasteiger partial charge is 0.364 e. The Hall–Kier alpha value is -1.89. The Labute approximate surface area is 140 Å². The third kappa shape index (κ3) is 2.92. The van der Waals surface area contributed by atoms with E-state index in [4.69, 9.17) is 9.26 Å². The molecule has 0 N–H and O–H groups in total. The van der Waals surface area contributed by atoms with Gasteiger partial charge in [0.05, 0.1) is 18.3 Å². The van der Waals surface area contributed by atoms with Gasteiger partial charge >= 0.3 is 0 Å². The van der Waals surface area contributed by atoms with Gasteiger partial charge in [-0.15, -0.1) is 0 Å². The molecule has 2 aliphatic heterocycles. The van der Waals surface area contributed by atoms with E-state index in [0.717, 1.165) is 6.54 Å². The maximum absolute atomic E-state index is 12.5. The fourth-order valence-electron chi connectivity index (χ4n) is 4.20. The van der Waals surface area contributed by atoms with Crippen LogP contribution in [-0.4, -0.2) is 65.2 Å². The highest BCUT2D eigenvalue weighted by Crippen LogP contribution is 2.29. The lowest BCUT2D eigenvalue weighted by molar-refractivity contribution is -0.154. The van der Waals surface area contributed by atoms with E-state index >= 15 is 0 Å². The first-order valence-electron chi connectivity index (χ1n) is 8.83. The molecule has 0 unspecified atom stereocenters. The molecule has 1 aromatic rings. The van der Waals surface area contributed by atoms with Crippen LogP contribution in [0.25, 0.3) is 0 Å². The van der Waals surface area contributed by atoms with Crippen LogP contribution < -0.4 is 0 Å². The maximum atomic E-state index is 12.5. The highest BCUT2D eigenvalue weighted by molar-refractivity contribution is 5.91. The molecule has 1 saturated carbocycles. The van der Waals surface area contributed by atoms with Gasteiger partial charge in [0.2, 0.25) is 11.7 Å². The molecule has 3 aliphatic rings. The minimum absolute atomic E-state index is 0.0416. The van der Waals surface area contributed by atoms with Crippen LogP contribution >= 0.6 is 0 Å². The number of hydrogen-bond acceptors (Lipinski definition) is 5. The third-order valence-electron chi connectivity index (χ3n) is 5.49. The monoisotopic (exact) mass is 333 g/mol. The van der Waals surface area contributed by atoms with Gasteiger partial charge in [-0.1, -0.05) is 24.4 Å². The Morgan fingerprint density at radius 1 is 1.25 bits per heavy atom. The van der Waals surface area contributed by atoms with E-state index in [1.165, 1.54) is 38.3 Å².